The summed E-state index contributed by atoms with van der Waals surface area (Å²) in [6.45, 7) is 0. The lowest BCUT2D eigenvalue weighted by molar-refractivity contribution is -0.0492. The van der Waals surface area contributed by atoms with Crippen LogP contribution in [0.4, 0.5) is 0 Å². The Bertz CT molecular complexity index is 723. The molecule has 0 spiro atoms. The summed E-state index contributed by atoms with van der Waals surface area (Å²) < 4.78 is 5.39. The van der Waals surface area contributed by atoms with Crippen molar-refractivity contribution in [2.75, 3.05) is 7.05 Å². The SMILES string of the molecule is CN(C(=O)c1csc(-c2ccco2)n1)C1C2CC3CC(C2)CC1C3. The summed E-state index contributed by atoms with van der Waals surface area (Å²) in [5, 5.41) is 2.65. The number of hydrogen-bond acceptors (Lipinski definition) is 4. The van der Waals surface area contributed by atoms with Gasteiger partial charge in [0.15, 0.2) is 10.8 Å². The zero-order chi connectivity index (χ0) is 16.3. The third-order valence-electron chi connectivity index (χ3n) is 6.40. The maximum atomic E-state index is 13.0. The molecule has 0 aliphatic heterocycles. The van der Waals surface area contributed by atoms with Crippen LogP contribution in [0.3, 0.4) is 0 Å². The van der Waals surface area contributed by atoms with Crippen LogP contribution in [-0.2, 0) is 0 Å². The molecule has 126 valence electrons. The van der Waals surface area contributed by atoms with Gasteiger partial charge in [0, 0.05) is 18.5 Å². The van der Waals surface area contributed by atoms with Crippen LogP contribution < -0.4 is 0 Å². The van der Waals surface area contributed by atoms with Crippen molar-refractivity contribution in [1.29, 1.82) is 0 Å². The normalized spacial score (nSPS) is 33.8. The van der Waals surface area contributed by atoms with Crippen LogP contribution in [0, 0.1) is 23.7 Å². The summed E-state index contributed by atoms with van der Waals surface area (Å²) in [7, 11) is 1.99. The Kier molecular flexibility index (Phi) is 3.34. The lowest BCUT2D eigenvalue weighted by Crippen LogP contribution is -2.56. The van der Waals surface area contributed by atoms with Gasteiger partial charge < -0.3 is 9.32 Å². The molecule has 0 saturated heterocycles. The quantitative estimate of drug-likeness (QED) is 0.835. The summed E-state index contributed by atoms with van der Waals surface area (Å²) in [4.78, 5) is 19.5. The van der Waals surface area contributed by atoms with E-state index in [0.717, 1.165) is 22.6 Å². The Morgan fingerprint density at radius 1 is 1.21 bits per heavy atom. The molecule has 0 unspecified atom stereocenters. The Balaban J connectivity index is 1.37. The van der Waals surface area contributed by atoms with Crippen LogP contribution in [0.1, 0.15) is 42.6 Å². The van der Waals surface area contributed by atoms with E-state index in [-0.39, 0.29) is 5.91 Å². The van der Waals surface area contributed by atoms with Gasteiger partial charge in [-0.25, -0.2) is 4.98 Å². The minimum absolute atomic E-state index is 0.0709. The highest BCUT2D eigenvalue weighted by molar-refractivity contribution is 7.13. The molecule has 4 nitrogen and oxygen atoms in total. The lowest BCUT2D eigenvalue weighted by atomic mass is 9.54. The number of hydrogen-bond donors (Lipinski definition) is 0. The van der Waals surface area contributed by atoms with E-state index in [1.807, 2.05) is 29.5 Å². The molecule has 2 aromatic heterocycles. The summed E-state index contributed by atoms with van der Waals surface area (Å²) in [5.74, 6) is 4.07. The van der Waals surface area contributed by atoms with Crippen LogP contribution in [0.2, 0.25) is 0 Å². The average Bonchev–Trinajstić information content (AvgIpc) is 3.24. The number of aromatic nitrogens is 1. The fourth-order valence-corrected chi connectivity index (χ4v) is 6.49. The highest BCUT2D eigenvalue weighted by Crippen LogP contribution is 2.55. The largest absolute Gasteiger partial charge is 0.462 e. The number of carbonyl (C=O) groups excluding carboxylic acids is 1. The van der Waals surface area contributed by atoms with Crippen LogP contribution in [-0.4, -0.2) is 28.9 Å². The van der Waals surface area contributed by atoms with Crippen molar-refractivity contribution in [1.82, 2.24) is 9.88 Å². The fourth-order valence-electron chi connectivity index (χ4n) is 5.73. The molecule has 1 amide bonds. The highest BCUT2D eigenvalue weighted by atomic mass is 32.1. The second-order valence-corrected chi connectivity index (χ2v) is 8.71. The van der Waals surface area contributed by atoms with Crippen LogP contribution in [0.5, 0.6) is 0 Å². The van der Waals surface area contributed by atoms with Crippen molar-refractivity contribution in [2.24, 2.45) is 23.7 Å². The zero-order valence-electron chi connectivity index (χ0n) is 13.9. The highest BCUT2D eigenvalue weighted by Gasteiger charge is 2.50. The molecule has 4 aliphatic rings. The monoisotopic (exact) mass is 342 g/mol. The molecule has 6 rings (SSSR count). The van der Waals surface area contributed by atoms with Crippen molar-refractivity contribution in [3.05, 3.63) is 29.5 Å². The van der Waals surface area contributed by atoms with E-state index in [9.17, 15) is 4.79 Å². The van der Waals surface area contributed by atoms with Gasteiger partial charge in [-0.3, -0.25) is 4.79 Å². The van der Waals surface area contributed by atoms with Crippen LogP contribution >= 0.6 is 11.3 Å². The number of amides is 1. The number of rotatable bonds is 3. The van der Waals surface area contributed by atoms with Gasteiger partial charge in [0.05, 0.1) is 6.26 Å². The maximum Gasteiger partial charge on any atom is 0.273 e. The van der Waals surface area contributed by atoms with E-state index in [2.05, 4.69) is 4.98 Å². The van der Waals surface area contributed by atoms with E-state index >= 15 is 0 Å². The van der Waals surface area contributed by atoms with Gasteiger partial charge in [0.1, 0.15) is 5.69 Å². The summed E-state index contributed by atoms with van der Waals surface area (Å²) in [6, 6.07) is 4.15. The van der Waals surface area contributed by atoms with Gasteiger partial charge >= 0.3 is 0 Å². The van der Waals surface area contributed by atoms with Crippen molar-refractivity contribution in [2.45, 2.75) is 38.1 Å². The summed E-state index contributed by atoms with van der Waals surface area (Å²) >= 11 is 1.48. The minimum Gasteiger partial charge on any atom is -0.462 e. The molecule has 24 heavy (non-hydrogen) atoms. The molecule has 5 heteroatoms. The molecule has 4 aliphatic carbocycles. The second-order valence-electron chi connectivity index (χ2n) is 7.85. The Labute approximate surface area is 145 Å². The molecular formula is C19H22N2O2S. The van der Waals surface area contributed by atoms with Crippen LogP contribution in [0.15, 0.2) is 28.2 Å². The van der Waals surface area contributed by atoms with E-state index in [0.29, 0.717) is 23.6 Å². The Morgan fingerprint density at radius 2 is 1.92 bits per heavy atom. The van der Waals surface area contributed by atoms with E-state index in [1.54, 1.807) is 6.26 Å². The zero-order valence-corrected chi connectivity index (χ0v) is 14.7. The first-order valence-corrected chi connectivity index (χ1v) is 9.83. The topological polar surface area (TPSA) is 46.3 Å². The van der Waals surface area contributed by atoms with Gasteiger partial charge in [-0.05, 0) is 67.9 Å². The van der Waals surface area contributed by atoms with Crippen LogP contribution in [0.25, 0.3) is 10.8 Å². The molecule has 4 saturated carbocycles. The summed E-state index contributed by atoms with van der Waals surface area (Å²) in [6.07, 6.45) is 8.37. The van der Waals surface area contributed by atoms with Gasteiger partial charge in [-0.1, -0.05) is 0 Å². The van der Waals surface area contributed by atoms with E-state index < -0.39 is 0 Å². The number of furan rings is 1. The van der Waals surface area contributed by atoms with Gasteiger partial charge in [-0.2, -0.15) is 0 Å². The smallest absolute Gasteiger partial charge is 0.273 e. The van der Waals surface area contributed by atoms with E-state index in [1.165, 1.54) is 43.4 Å². The molecule has 0 radical (unpaired) electrons. The Morgan fingerprint density at radius 3 is 2.54 bits per heavy atom. The molecule has 0 N–H and O–H groups in total. The standard InChI is InChI=1S/C19H22N2O2S/c1-21(17-13-6-11-5-12(8-13)9-14(17)7-11)19(22)15-10-24-18(20-15)16-3-2-4-23-16/h2-4,10-14,17H,5-9H2,1H3. The molecule has 0 atom stereocenters. The van der Waals surface area contributed by atoms with Crippen molar-refractivity contribution < 1.29 is 9.21 Å². The maximum absolute atomic E-state index is 13.0. The van der Waals surface area contributed by atoms with Gasteiger partial charge in [-0.15, -0.1) is 11.3 Å². The number of carbonyl (C=O) groups is 1. The lowest BCUT2D eigenvalue weighted by Gasteiger charge is -2.56. The molecule has 0 aromatic carbocycles. The molecule has 2 heterocycles. The fraction of sp³-hybridized carbons (Fsp3) is 0.579. The number of nitrogens with zero attached hydrogens (tertiary/aromatic N) is 2. The molecule has 4 fully saturated rings. The predicted molar refractivity (Wildman–Crippen MR) is 92.7 cm³/mol. The average molecular weight is 342 g/mol. The molecule has 4 bridgehead atoms. The second kappa shape index (κ2) is 5.45. The van der Waals surface area contributed by atoms with E-state index in [4.69, 9.17) is 4.42 Å². The predicted octanol–water partition coefficient (Wildman–Crippen LogP) is 4.30. The number of thiazole rings is 1. The van der Waals surface area contributed by atoms with Gasteiger partial charge in [0.2, 0.25) is 0 Å². The van der Waals surface area contributed by atoms with Crippen molar-refractivity contribution in [3.8, 4) is 10.8 Å². The third-order valence-corrected chi connectivity index (χ3v) is 7.26. The molecule has 2 aromatic rings. The first-order chi connectivity index (χ1) is 11.7. The third kappa shape index (κ3) is 2.25. The van der Waals surface area contributed by atoms with Crippen molar-refractivity contribution >= 4 is 17.2 Å². The molecular weight excluding hydrogens is 320 g/mol. The van der Waals surface area contributed by atoms with Crippen molar-refractivity contribution in [3.63, 3.8) is 0 Å². The minimum atomic E-state index is 0.0709. The first kappa shape index (κ1) is 14.7. The first-order valence-electron chi connectivity index (χ1n) is 8.95. The Hall–Kier alpha value is -1.62. The van der Waals surface area contributed by atoms with Gasteiger partial charge in [0.25, 0.3) is 5.91 Å². The summed E-state index contributed by atoms with van der Waals surface area (Å²) in [5.41, 5.74) is 0.558.